The maximum absolute atomic E-state index is 15.2. The Hall–Kier alpha value is -3.58. The van der Waals surface area contributed by atoms with Crippen molar-refractivity contribution < 1.29 is 27.5 Å². The van der Waals surface area contributed by atoms with Gasteiger partial charge in [0.1, 0.15) is 22.1 Å². The van der Waals surface area contributed by atoms with E-state index in [9.17, 15) is 18.4 Å². The molecule has 1 atom stereocenters. The highest BCUT2D eigenvalue weighted by molar-refractivity contribution is 6.41. The molecular formula is C23H22Cl2F3N7O3. The van der Waals surface area contributed by atoms with Gasteiger partial charge in [0.2, 0.25) is 0 Å². The van der Waals surface area contributed by atoms with Gasteiger partial charge in [0.25, 0.3) is 5.91 Å². The van der Waals surface area contributed by atoms with Crippen molar-refractivity contribution in [2.75, 3.05) is 5.32 Å². The molecule has 15 heteroatoms. The van der Waals surface area contributed by atoms with Gasteiger partial charge in [0, 0.05) is 17.4 Å². The number of amidine groups is 1. The van der Waals surface area contributed by atoms with Gasteiger partial charge in [-0.15, -0.1) is 0 Å². The Bertz CT molecular complexity index is 1450. The van der Waals surface area contributed by atoms with E-state index >= 15 is 4.39 Å². The molecule has 0 saturated heterocycles. The fourth-order valence-corrected chi connectivity index (χ4v) is 4.14. The molecule has 0 aliphatic carbocycles. The lowest BCUT2D eigenvalue weighted by atomic mass is 9.90. The Morgan fingerprint density at radius 2 is 1.89 bits per heavy atom. The highest BCUT2D eigenvalue weighted by Gasteiger charge is 2.38. The molecule has 1 aliphatic rings. The van der Waals surface area contributed by atoms with Crippen LogP contribution in [-0.4, -0.2) is 42.8 Å². The van der Waals surface area contributed by atoms with E-state index in [4.69, 9.17) is 27.9 Å². The Kier molecular flexibility index (Phi) is 7.19. The summed E-state index contributed by atoms with van der Waals surface area (Å²) in [4.78, 5) is 33.8. The highest BCUT2D eigenvalue weighted by Crippen LogP contribution is 2.38. The summed E-state index contributed by atoms with van der Waals surface area (Å²) in [6.07, 6.45) is 0.136. The third kappa shape index (κ3) is 5.63. The zero-order valence-electron chi connectivity index (χ0n) is 20.5. The van der Waals surface area contributed by atoms with E-state index in [1.165, 1.54) is 16.7 Å². The van der Waals surface area contributed by atoms with E-state index in [0.29, 0.717) is 4.68 Å². The summed E-state index contributed by atoms with van der Waals surface area (Å²) in [5.74, 6) is -1.37. The van der Waals surface area contributed by atoms with E-state index in [2.05, 4.69) is 25.7 Å². The second-order valence-electron chi connectivity index (χ2n) is 9.57. The van der Waals surface area contributed by atoms with Crippen molar-refractivity contribution in [3.8, 4) is 0 Å². The molecule has 2 N–H and O–H groups in total. The van der Waals surface area contributed by atoms with Crippen molar-refractivity contribution in [1.82, 2.24) is 24.6 Å². The molecule has 202 valence electrons. The van der Waals surface area contributed by atoms with Crippen LogP contribution in [0.1, 0.15) is 56.1 Å². The number of alkyl carbamates (subject to hydrolysis) is 1. The molecular weight excluding hydrogens is 550 g/mol. The summed E-state index contributed by atoms with van der Waals surface area (Å²) < 4.78 is 47.9. The number of alkyl halides is 2. The number of carbonyl (C=O) groups is 2. The van der Waals surface area contributed by atoms with Gasteiger partial charge in [0.15, 0.2) is 22.5 Å². The molecule has 1 aromatic carbocycles. The molecule has 0 fully saturated rings. The van der Waals surface area contributed by atoms with Crippen LogP contribution in [-0.2, 0) is 16.8 Å². The van der Waals surface area contributed by atoms with Crippen LogP contribution in [0.5, 0.6) is 0 Å². The highest BCUT2D eigenvalue weighted by atomic mass is 35.5. The largest absolute Gasteiger partial charge is 0.444 e. The number of rotatable bonds is 4. The quantitative estimate of drug-likeness (QED) is 0.436. The number of anilines is 1. The summed E-state index contributed by atoms with van der Waals surface area (Å²) in [7, 11) is 0. The molecule has 3 heterocycles. The van der Waals surface area contributed by atoms with Gasteiger partial charge in [-0.3, -0.25) is 15.1 Å². The summed E-state index contributed by atoms with van der Waals surface area (Å²) in [6, 6.07) is 4.87. The number of nitrogens with zero attached hydrogens (tertiary/aromatic N) is 5. The molecule has 1 aliphatic heterocycles. The van der Waals surface area contributed by atoms with Crippen LogP contribution >= 0.6 is 23.2 Å². The van der Waals surface area contributed by atoms with E-state index in [0.717, 1.165) is 18.3 Å². The Labute approximate surface area is 224 Å². The number of hydrogen-bond acceptors (Lipinski definition) is 6. The number of imidazole rings is 1. The summed E-state index contributed by atoms with van der Waals surface area (Å²) in [5, 5.41) is 8.55. The van der Waals surface area contributed by atoms with Gasteiger partial charge in [-0.05, 0) is 52.0 Å². The SMILES string of the molecule is CC(C)(C)OC(=O)NC1=N[C@](C)(c2cc(NC(=O)c3ccn(C(F)F)n3)ccc2F)Cn2c1nc(Cl)c2Cl. The molecule has 0 bridgehead atoms. The van der Waals surface area contributed by atoms with E-state index < -0.39 is 35.5 Å². The molecule has 2 amide bonds. The predicted molar refractivity (Wildman–Crippen MR) is 133 cm³/mol. The third-order valence-electron chi connectivity index (χ3n) is 5.37. The van der Waals surface area contributed by atoms with Gasteiger partial charge in [-0.2, -0.15) is 13.9 Å². The lowest BCUT2D eigenvalue weighted by Crippen LogP contribution is -2.44. The van der Waals surface area contributed by atoms with Crippen LogP contribution in [0.25, 0.3) is 0 Å². The topological polar surface area (TPSA) is 115 Å². The van der Waals surface area contributed by atoms with Gasteiger partial charge < -0.3 is 14.6 Å². The first kappa shape index (κ1) is 27.5. The lowest BCUT2D eigenvalue weighted by Gasteiger charge is -2.33. The number of fused-ring (bicyclic) bond motifs is 1. The van der Waals surface area contributed by atoms with Crippen LogP contribution < -0.4 is 10.6 Å². The Morgan fingerprint density at radius 1 is 1.18 bits per heavy atom. The monoisotopic (exact) mass is 571 g/mol. The molecule has 4 rings (SSSR count). The van der Waals surface area contributed by atoms with Crippen LogP contribution in [0.4, 0.5) is 23.7 Å². The maximum atomic E-state index is 15.2. The first-order valence-corrected chi connectivity index (χ1v) is 11.9. The minimum Gasteiger partial charge on any atom is -0.444 e. The summed E-state index contributed by atoms with van der Waals surface area (Å²) in [6.45, 7) is 3.71. The van der Waals surface area contributed by atoms with Crippen LogP contribution in [0, 0.1) is 5.82 Å². The van der Waals surface area contributed by atoms with Crippen molar-refractivity contribution in [2.45, 2.75) is 51.9 Å². The average Bonchev–Trinajstić information content (AvgIpc) is 3.40. The van der Waals surface area contributed by atoms with Crippen molar-refractivity contribution in [3.05, 3.63) is 63.7 Å². The third-order valence-corrected chi connectivity index (χ3v) is 6.11. The Morgan fingerprint density at radius 3 is 2.53 bits per heavy atom. The second kappa shape index (κ2) is 9.95. The van der Waals surface area contributed by atoms with Crippen LogP contribution in [0.15, 0.2) is 35.5 Å². The first-order chi connectivity index (χ1) is 17.7. The number of aromatic nitrogens is 4. The van der Waals surface area contributed by atoms with Gasteiger partial charge >= 0.3 is 12.6 Å². The summed E-state index contributed by atoms with van der Waals surface area (Å²) >= 11 is 12.5. The fourth-order valence-electron chi connectivity index (χ4n) is 3.78. The smallest absolute Gasteiger partial charge is 0.413 e. The van der Waals surface area contributed by atoms with Crippen molar-refractivity contribution in [3.63, 3.8) is 0 Å². The van der Waals surface area contributed by atoms with Crippen LogP contribution in [0.3, 0.4) is 0 Å². The number of benzene rings is 1. The Balaban J connectivity index is 1.69. The lowest BCUT2D eigenvalue weighted by molar-refractivity contribution is 0.0553. The number of nitrogens with one attached hydrogen (secondary N) is 2. The maximum Gasteiger partial charge on any atom is 0.413 e. The van der Waals surface area contributed by atoms with Crippen LogP contribution in [0.2, 0.25) is 10.3 Å². The van der Waals surface area contributed by atoms with Gasteiger partial charge in [0.05, 0.1) is 6.54 Å². The van der Waals surface area contributed by atoms with E-state index in [1.807, 2.05) is 0 Å². The minimum absolute atomic E-state index is 0.0203. The summed E-state index contributed by atoms with van der Waals surface area (Å²) in [5.41, 5.74) is -2.25. The fraction of sp³-hybridized carbons (Fsp3) is 0.348. The molecule has 3 aromatic rings. The zero-order valence-corrected chi connectivity index (χ0v) is 22.0. The van der Waals surface area contributed by atoms with Crippen molar-refractivity contribution >= 4 is 46.7 Å². The molecule has 0 spiro atoms. The number of carbonyl (C=O) groups excluding carboxylic acids is 2. The number of ether oxygens (including phenoxy) is 1. The van der Waals surface area contributed by atoms with Gasteiger partial charge in [-0.25, -0.2) is 18.9 Å². The van der Waals surface area contributed by atoms with Crippen molar-refractivity contribution in [1.29, 1.82) is 0 Å². The van der Waals surface area contributed by atoms with E-state index in [1.54, 1.807) is 27.7 Å². The van der Waals surface area contributed by atoms with Gasteiger partial charge in [-0.1, -0.05) is 23.2 Å². The average molecular weight is 572 g/mol. The number of aliphatic imine (C=N–C) groups is 1. The molecule has 38 heavy (non-hydrogen) atoms. The zero-order chi connectivity index (χ0) is 28.0. The first-order valence-electron chi connectivity index (χ1n) is 11.1. The van der Waals surface area contributed by atoms with E-state index in [-0.39, 0.29) is 45.5 Å². The number of amides is 2. The second-order valence-corrected chi connectivity index (χ2v) is 10.3. The number of hydrogen-bond donors (Lipinski definition) is 2. The molecule has 0 unspecified atom stereocenters. The predicted octanol–water partition coefficient (Wildman–Crippen LogP) is 5.37. The normalized spacial score (nSPS) is 17.2. The molecule has 0 saturated carbocycles. The molecule has 0 radical (unpaired) electrons. The standard InChI is InChI=1S/C23H22Cl2F3N7O3/c1-22(2,3)38-21(37)31-17-18-30-15(24)16(25)34(18)10-23(4,32-17)12-9-11(5-6-13(12)26)29-19(36)14-7-8-35(33-14)20(27)28/h5-9,20H,10H2,1-4H3,(H,29,36)(H,31,32,37)/t23-/m0/s1. The molecule has 2 aromatic heterocycles. The minimum atomic E-state index is -2.91. The van der Waals surface area contributed by atoms with Crippen molar-refractivity contribution in [2.24, 2.45) is 4.99 Å². The number of halogens is 5. The molecule has 10 nitrogen and oxygen atoms in total.